The number of aromatic nitrogens is 2. The molecule has 1 aromatic carbocycles. The second kappa shape index (κ2) is 6.02. The summed E-state index contributed by atoms with van der Waals surface area (Å²) in [7, 11) is 0. The Morgan fingerprint density at radius 3 is 2.37 bits per heavy atom. The molecule has 0 unspecified atom stereocenters. The van der Waals surface area contributed by atoms with Gasteiger partial charge in [-0.05, 0) is 55.7 Å². The van der Waals surface area contributed by atoms with E-state index >= 15 is 0 Å². The van der Waals surface area contributed by atoms with Gasteiger partial charge in [0.15, 0.2) is 5.15 Å². The summed E-state index contributed by atoms with van der Waals surface area (Å²) in [6.07, 6.45) is 1.00. The maximum absolute atomic E-state index is 5.96. The van der Waals surface area contributed by atoms with Crippen LogP contribution in [-0.2, 0) is 0 Å². The highest BCUT2D eigenvalue weighted by molar-refractivity contribution is 6.30. The summed E-state index contributed by atoms with van der Waals surface area (Å²) in [5.41, 5.74) is 3.91. The molecule has 19 heavy (non-hydrogen) atoms. The monoisotopic (exact) mass is 276 g/mol. The molecule has 0 aliphatic carbocycles. The Morgan fingerprint density at radius 2 is 1.74 bits per heavy atom. The van der Waals surface area contributed by atoms with E-state index < -0.39 is 0 Å². The Kier molecular flexibility index (Phi) is 4.38. The third-order valence-corrected chi connectivity index (χ3v) is 3.42. The fourth-order valence-electron chi connectivity index (χ4n) is 1.78. The van der Waals surface area contributed by atoms with Gasteiger partial charge >= 0.3 is 0 Å². The van der Waals surface area contributed by atoms with Crippen molar-refractivity contribution in [2.24, 2.45) is 0 Å². The number of rotatable bonds is 4. The van der Waals surface area contributed by atoms with Crippen molar-refractivity contribution in [1.29, 1.82) is 0 Å². The highest BCUT2D eigenvalue weighted by Crippen LogP contribution is 2.27. The van der Waals surface area contributed by atoms with Crippen molar-refractivity contribution in [2.45, 2.75) is 27.2 Å². The molecule has 0 spiro atoms. The number of hydrogen-bond acceptors (Lipinski definition) is 3. The highest BCUT2D eigenvalue weighted by Gasteiger charge is 2.10. The van der Waals surface area contributed by atoms with E-state index in [0.717, 1.165) is 41.2 Å². The van der Waals surface area contributed by atoms with E-state index in [1.165, 1.54) is 0 Å². The quantitative estimate of drug-likeness (QED) is 0.839. The Morgan fingerprint density at radius 1 is 1.05 bits per heavy atom. The maximum atomic E-state index is 5.96. The normalized spacial score (nSPS) is 10.5. The van der Waals surface area contributed by atoms with Gasteiger partial charge in [0.25, 0.3) is 0 Å². The van der Waals surface area contributed by atoms with Crippen molar-refractivity contribution in [1.82, 2.24) is 10.2 Å². The first-order valence-electron chi connectivity index (χ1n) is 6.36. The van der Waals surface area contributed by atoms with Gasteiger partial charge in [0, 0.05) is 5.56 Å². The van der Waals surface area contributed by atoms with Crippen molar-refractivity contribution < 1.29 is 4.74 Å². The van der Waals surface area contributed by atoms with Crippen LogP contribution in [0.3, 0.4) is 0 Å². The smallest absolute Gasteiger partial charge is 0.154 e. The van der Waals surface area contributed by atoms with Crippen LogP contribution in [0.5, 0.6) is 5.75 Å². The van der Waals surface area contributed by atoms with Crippen LogP contribution in [-0.4, -0.2) is 16.8 Å². The van der Waals surface area contributed by atoms with Gasteiger partial charge in [0.2, 0.25) is 0 Å². The van der Waals surface area contributed by atoms with Crippen molar-refractivity contribution in [3.05, 3.63) is 40.5 Å². The summed E-state index contributed by atoms with van der Waals surface area (Å²) < 4.78 is 5.56. The van der Waals surface area contributed by atoms with Crippen LogP contribution < -0.4 is 4.74 Å². The third-order valence-electron chi connectivity index (χ3n) is 3.07. The zero-order valence-corrected chi connectivity index (χ0v) is 12.2. The number of nitrogens with zero attached hydrogens (tertiary/aromatic N) is 2. The van der Waals surface area contributed by atoms with Gasteiger partial charge in [-0.1, -0.05) is 18.5 Å². The van der Waals surface area contributed by atoms with Gasteiger partial charge in [-0.25, -0.2) is 0 Å². The van der Waals surface area contributed by atoms with E-state index in [2.05, 4.69) is 17.1 Å². The van der Waals surface area contributed by atoms with E-state index in [9.17, 15) is 0 Å². The molecule has 0 amide bonds. The summed E-state index contributed by atoms with van der Waals surface area (Å²) in [6.45, 7) is 6.78. The molecule has 100 valence electrons. The maximum Gasteiger partial charge on any atom is 0.154 e. The SMILES string of the molecule is CCCOc1ccc(-c2nnc(Cl)c(C)c2C)cc1. The van der Waals surface area contributed by atoms with Crippen LogP contribution in [0.2, 0.25) is 5.15 Å². The molecule has 4 heteroatoms. The lowest BCUT2D eigenvalue weighted by Crippen LogP contribution is -1.97. The van der Waals surface area contributed by atoms with Crippen molar-refractivity contribution >= 4 is 11.6 Å². The molecule has 2 rings (SSSR count). The fraction of sp³-hybridized carbons (Fsp3) is 0.333. The van der Waals surface area contributed by atoms with Gasteiger partial charge in [0.1, 0.15) is 5.75 Å². The molecule has 0 bridgehead atoms. The summed E-state index contributed by atoms with van der Waals surface area (Å²) >= 11 is 5.96. The molecular formula is C15H17ClN2O. The topological polar surface area (TPSA) is 35.0 Å². The van der Waals surface area contributed by atoms with E-state index in [1.54, 1.807) is 0 Å². The van der Waals surface area contributed by atoms with Gasteiger partial charge in [0.05, 0.1) is 12.3 Å². The summed E-state index contributed by atoms with van der Waals surface area (Å²) in [4.78, 5) is 0. The average Bonchev–Trinajstić information content (AvgIpc) is 2.44. The Balaban J connectivity index is 2.30. The number of benzene rings is 1. The summed E-state index contributed by atoms with van der Waals surface area (Å²) in [6, 6.07) is 7.90. The molecular weight excluding hydrogens is 260 g/mol. The average molecular weight is 277 g/mol. The molecule has 0 N–H and O–H groups in total. The Hall–Kier alpha value is -1.61. The second-order valence-corrected chi connectivity index (χ2v) is 4.82. The van der Waals surface area contributed by atoms with E-state index in [0.29, 0.717) is 5.15 Å². The molecule has 0 saturated carbocycles. The second-order valence-electron chi connectivity index (χ2n) is 4.46. The van der Waals surface area contributed by atoms with Crippen molar-refractivity contribution in [2.75, 3.05) is 6.61 Å². The fourth-order valence-corrected chi connectivity index (χ4v) is 1.96. The standard InChI is InChI=1S/C15H17ClN2O/c1-4-9-19-13-7-5-12(6-8-13)14-10(2)11(3)15(16)18-17-14/h5-8H,4,9H2,1-3H3. The van der Waals surface area contributed by atoms with Gasteiger partial charge in [-0.2, -0.15) is 0 Å². The van der Waals surface area contributed by atoms with Gasteiger partial charge in [-0.15, -0.1) is 10.2 Å². The van der Waals surface area contributed by atoms with Gasteiger partial charge in [-0.3, -0.25) is 0 Å². The Labute approximate surface area is 118 Å². The third kappa shape index (κ3) is 3.04. The Bertz CT molecular complexity index is 567. The molecule has 0 aliphatic rings. The minimum atomic E-state index is 0.462. The van der Waals surface area contributed by atoms with Crippen LogP contribution >= 0.6 is 11.6 Å². The number of hydrogen-bond donors (Lipinski definition) is 0. The predicted molar refractivity (Wildman–Crippen MR) is 77.7 cm³/mol. The molecule has 0 atom stereocenters. The summed E-state index contributed by atoms with van der Waals surface area (Å²) in [5.74, 6) is 0.877. The minimum absolute atomic E-state index is 0.462. The number of ether oxygens (including phenoxy) is 1. The zero-order chi connectivity index (χ0) is 13.8. The molecule has 3 nitrogen and oxygen atoms in total. The number of halogens is 1. The zero-order valence-electron chi connectivity index (χ0n) is 11.4. The van der Waals surface area contributed by atoms with Crippen LogP contribution in [0.15, 0.2) is 24.3 Å². The molecule has 2 aromatic rings. The van der Waals surface area contributed by atoms with Crippen LogP contribution in [0.25, 0.3) is 11.3 Å². The van der Waals surface area contributed by atoms with E-state index in [4.69, 9.17) is 16.3 Å². The summed E-state index contributed by atoms with van der Waals surface area (Å²) in [5, 5.41) is 8.61. The molecule has 1 aromatic heterocycles. The lowest BCUT2D eigenvalue weighted by Gasteiger charge is -2.09. The van der Waals surface area contributed by atoms with Crippen LogP contribution in [0, 0.1) is 13.8 Å². The molecule has 0 aliphatic heterocycles. The molecule has 0 radical (unpaired) electrons. The highest BCUT2D eigenvalue weighted by atomic mass is 35.5. The van der Waals surface area contributed by atoms with E-state index in [-0.39, 0.29) is 0 Å². The minimum Gasteiger partial charge on any atom is -0.494 e. The lowest BCUT2D eigenvalue weighted by molar-refractivity contribution is 0.317. The largest absolute Gasteiger partial charge is 0.494 e. The van der Waals surface area contributed by atoms with E-state index in [1.807, 2.05) is 38.1 Å². The molecule has 1 heterocycles. The van der Waals surface area contributed by atoms with Crippen LogP contribution in [0.1, 0.15) is 24.5 Å². The van der Waals surface area contributed by atoms with Crippen LogP contribution in [0.4, 0.5) is 0 Å². The first-order chi connectivity index (χ1) is 9.13. The van der Waals surface area contributed by atoms with Crippen molar-refractivity contribution in [3.8, 4) is 17.0 Å². The van der Waals surface area contributed by atoms with Gasteiger partial charge < -0.3 is 4.74 Å². The molecule has 0 saturated heterocycles. The molecule has 0 fully saturated rings. The first kappa shape index (κ1) is 13.8. The predicted octanol–water partition coefficient (Wildman–Crippen LogP) is 4.20. The lowest BCUT2D eigenvalue weighted by atomic mass is 10.0. The van der Waals surface area contributed by atoms with Crippen molar-refractivity contribution in [3.63, 3.8) is 0 Å². The first-order valence-corrected chi connectivity index (χ1v) is 6.74.